The Morgan fingerprint density at radius 2 is 0.628 bits per heavy atom. The molecule has 0 bridgehead atoms. The van der Waals surface area contributed by atoms with Crippen LogP contribution in [0.15, 0.2) is 93.4 Å². The highest BCUT2D eigenvalue weighted by atomic mass is 79.9. The molecule has 8 aliphatic heterocycles. The molecule has 0 amide bonds. The minimum absolute atomic E-state index is 0.112. The molecule has 12 nitrogen and oxygen atoms in total. The topological polar surface area (TPSA) is 108 Å². The summed E-state index contributed by atoms with van der Waals surface area (Å²) in [6.07, 6.45) is -0.0175. The molecular formula is C60H76Br4F10N8O4. The zero-order valence-corrected chi connectivity index (χ0v) is 54.5. The van der Waals surface area contributed by atoms with Gasteiger partial charge in [-0.2, -0.15) is 39.5 Å². The van der Waals surface area contributed by atoms with E-state index in [4.69, 9.17) is 20.7 Å². The normalized spacial score (nSPS) is 25.2. The van der Waals surface area contributed by atoms with Crippen molar-refractivity contribution >= 4 is 82.2 Å². The molecule has 11 rings (SSSR count). The molecular weight excluding hydrogens is 1410 g/mol. The molecule has 0 saturated carbocycles. The van der Waals surface area contributed by atoms with E-state index in [9.17, 15) is 43.9 Å². The first-order valence-corrected chi connectivity index (χ1v) is 32.3. The monoisotopic (exact) mass is 1480 g/mol. The van der Waals surface area contributed by atoms with Crippen molar-refractivity contribution in [3.05, 3.63) is 106 Å². The van der Waals surface area contributed by atoms with E-state index < -0.39 is 42.4 Å². The predicted molar refractivity (Wildman–Crippen MR) is 329 cm³/mol. The molecule has 0 aliphatic carbocycles. The molecule has 8 heterocycles. The van der Waals surface area contributed by atoms with Crippen molar-refractivity contribution in [1.82, 2.24) is 20.0 Å². The SMILES string of the molecule is BrC1=NOC(C2CCNCC2)C1.C[C@@H](c1ccc(C(F)(F)F)cc1)N1CCC(C2CC(Br)=NO2)CC1.C[C@@H](c1ccc(C(F)(F)F)cc1)N1CCC([C@@H]2CC(Br)=NO2)CC1.C[C@@H](c1ccc(C(F)(F)F)cc1)N1CCC([C@H]2CC(Br)=NO2)CC1.[2H]CF. The van der Waals surface area contributed by atoms with E-state index in [0.717, 1.165) is 152 Å². The molecule has 3 aromatic carbocycles. The first kappa shape index (κ1) is 68.5. The Hall–Kier alpha value is -3.40. The summed E-state index contributed by atoms with van der Waals surface area (Å²) in [7, 11) is -1.00. The van der Waals surface area contributed by atoms with Crippen molar-refractivity contribution in [2.45, 2.75) is 159 Å². The van der Waals surface area contributed by atoms with Gasteiger partial charge in [0, 0.05) is 67.5 Å². The van der Waals surface area contributed by atoms with Crippen molar-refractivity contribution < 1.29 is 64.6 Å². The Balaban J connectivity index is 0.000000167. The molecule has 26 heteroatoms. The van der Waals surface area contributed by atoms with Crippen LogP contribution in [0.1, 0.15) is 151 Å². The van der Waals surface area contributed by atoms with Crippen molar-refractivity contribution in [1.29, 1.82) is 0 Å². The third-order valence-electron chi connectivity index (χ3n) is 17.6. The van der Waals surface area contributed by atoms with Crippen molar-refractivity contribution in [3.8, 4) is 0 Å². The van der Waals surface area contributed by atoms with Crippen LogP contribution in [0.3, 0.4) is 0 Å². The Morgan fingerprint density at radius 1 is 0.419 bits per heavy atom. The van der Waals surface area contributed by atoms with Gasteiger partial charge in [-0.25, -0.2) is 0 Å². The summed E-state index contributed by atoms with van der Waals surface area (Å²) < 4.78 is 133. The Morgan fingerprint density at radius 3 is 0.814 bits per heavy atom. The van der Waals surface area contributed by atoms with Gasteiger partial charge in [0.15, 0.2) is 0 Å². The van der Waals surface area contributed by atoms with E-state index in [0.29, 0.717) is 29.8 Å². The van der Waals surface area contributed by atoms with Crippen LogP contribution < -0.4 is 5.32 Å². The van der Waals surface area contributed by atoms with Crippen LogP contribution in [-0.2, 0) is 37.9 Å². The van der Waals surface area contributed by atoms with Gasteiger partial charge >= 0.3 is 18.5 Å². The van der Waals surface area contributed by atoms with Gasteiger partial charge in [-0.15, -0.1) is 0 Å². The fraction of sp³-hybridized carbons (Fsp3) is 0.633. The van der Waals surface area contributed by atoms with Crippen LogP contribution in [0, 0.1) is 23.7 Å². The van der Waals surface area contributed by atoms with Gasteiger partial charge in [-0.05, 0) is 241 Å². The maximum Gasteiger partial charge on any atom is 0.416 e. The van der Waals surface area contributed by atoms with E-state index in [1.165, 1.54) is 49.2 Å². The lowest BCUT2D eigenvalue weighted by atomic mass is 9.89. The van der Waals surface area contributed by atoms with Crippen LogP contribution in [0.5, 0.6) is 0 Å². The molecule has 0 spiro atoms. The zero-order chi connectivity index (χ0) is 63.1. The van der Waals surface area contributed by atoms with Crippen molar-refractivity contribution in [2.24, 2.45) is 44.3 Å². The molecule has 478 valence electrons. The number of oxime groups is 4. The summed E-state index contributed by atoms with van der Waals surface area (Å²) in [6.45, 7) is 13.9. The number of benzene rings is 3. The first-order chi connectivity index (χ1) is 41.3. The van der Waals surface area contributed by atoms with E-state index in [1.807, 2.05) is 0 Å². The van der Waals surface area contributed by atoms with Crippen LogP contribution in [0.4, 0.5) is 43.9 Å². The number of hydrogen-bond donors (Lipinski definition) is 1. The van der Waals surface area contributed by atoms with Crippen LogP contribution in [0.2, 0.25) is 0 Å². The van der Waals surface area contributed by atoms with Gasteiger partial charge in [0.2, 0.25) is 0 Å². The van der Waals surface area contributed by atoms with Gasteiger partial charge < -0.3 is 24.7 Å². The number of hydrogen-bond acceptors (Lipinski definition) is 12. The fourth-order valence-electron chi connectivity index (χ4n) is 12.2. The lowest BCUT2D eigenvalue weighted by Gasteiger charge is -2.37. The van der Waals surface area contributed by atoms with Crippen LogP contribution in [0.25, 0.3) is 0 Å². The number of rotatable bonds is 10. The summed E-state index contributed by atoms with van der Waals surface area (Å²) in [5.74, 6) is 2.16. The molecule has 3 aromatic rings. The van der Waals surface area contributed by atoms with Crippen molar-refractivity contribution in [2.75, 3.05) is 59.5 Å². The van der Waals surface area contributed by atoms with E-state index in [-0.39, 0.29) is 36.4 Å². The summed E-state index contributed by atoms with van der Waals surface area (Å²) >= 11 is 13.5. The number of likely N-dealkylation sites (tertiary alicyclic amines) is 3. The highest BCUT2D eigenvalue weighted by molar-refractivity contribution is 9.19. The lowest BCUT2D eigenvalue weighted by molar-refractivity contribution is -0.138. The number of nitrogens with zero attached hydrogens (tertiary/aromatic N) is 7. The van der Waals surface area contributed by atoms with Crippen molar-refractivity contribution in [3.63, 3.8) is 0 Å². The predicted octanol–water partition coefficient (Wildman–Crippen LogP) is 17.0. The summed E-state index contributed by atoms with van der Waals surface area (Å²) in [6, 6.07) is 16.9. The molecule has 4 fully saturated rings. The Kier molecular flexibility index (Phi) is 25.9. The minimum atomic E-state index is -4.28. The molecule has 86 heavy (non-hydrogen) atoms. The lowest BCUT2D eigenvalue weighted by Crippen LogP contribution is -2.39. The molecule has 0 aromatic heterocycles. The van der Waals surface area contributed by atoms with Gasteiger partial charge in [0.1, 0.15) is 42.9 Å². The first-order valence-electron chi connectivity index (χ1n) is 29.8. The average Bonchev–Trinajstić information content (AvgIpc) is 4.44. The zero-order valence-electron chi connectivity index (χ0n) is 49.2. The molecule has 7 atom stereocenters. The van der Waals surface area contributed by atoms with Gasteiger partial charge in [-0.1, -0.05) is 57.0 Å². The standard InChI is InChI=1S/3C17H20BrF3N2O.C8H13BrN2O.CH3F/c3*1-11(12-2-4-14(5-3-12)17(19,20)21)23-8-6-13(7-9-23)15-10-16(18)22-24-15;9-8-5-7(12-11-8)6-1-3-10-4-2-6;1-2/h3*2-5,11,13,15H,6-10H2,1H3;6-7,10H,1-5H2;1H3/t11-,15?;11-,15+;11-,15-;;/m000../s1/i;;;;1D. The van der Waals surface area contributed by atoms with E-state index in [1.54, 1.807) is 36.4 Å². The highest BCUT2D eigenvalue weighted by Crippen LogP contribution is 2.39. The van der Waals surface area contributed by atoms with Gasteiger partial charge in [0.05, 0.1) is 25.2 Å². The summed E-state index contributed by atoms with van der Waals surface area (Å²) in [4.78, 5) is 28.6. The number of nitrogens with one attached hydrogen (secondary N) is 1. The summed E-state index contributed by atoms with van der Waals surface area (Å²) in [5.41, 5.74) is 0.974. The third kappa shape index (κ3) is 20.3. The maximum absolute atomic E-state index is 12.7. The van der Waals surface area contributed by atoms with E-state index >= 15 is 0 Å². The van der Waals surface area contributed by atoms with Crippen LogP contribution >= 0.6 is 63.7 Å². The fourth-order valence-corrected chi connectivity index (χ4v) is 13.8. The number of alkyl halides is 10. The average molecular weight is 1480 g/mol. The molecule has 1 N–H and O–H groups in total. The molecule has 0 radical (unpaired) electrons. The molecule has 8 aliphatic rings. The van der Waals surface area contributed by atoms with Gasteiger partial charge in [-0.3, -0.25) is 19.1 Å². The second-order valence-electron chi connectivity index (χ2n) is 22.9. The van der Waals surface area contributed by atoms with E-state index in [2.05, 4.69) is 125 Å². The Bertz CT molecular complexity index is 2450. The quantitative estimate of drug-likeness (QED) is 0.200. The van der Waals surface area contributed by atoms with Crippen LogP contribution in [-0.4, -0.2) is 117 Å². The smallest absolute Gasteiger partial charge is 0.391 e. The molecule has 2 unspecified atom stereocenters. The second-order valence-corrected chi connectivity index (χ2v) is 26.5. The largest absolute Gasteiger partial charge is 0.416 e. The van der Waals surface area contributed by atoms with Gasteiger partial charge in [0.25, 0.3) is 0 Å². The number of piperidine rings is 4. The number of halogens is 14. The minimum Gasteiger partial charge on any atom is -0.391 e. The maximum atomic E-state index is 12.7. The highest BCUT2D eigenvalue weighted by Gasteiger charge is 2.38. The Labute approximate surface area is 532 Å². The summed E-state index contributed by atoms with van der Waals surface area (Å²) in [5, 5.41) is 19.1. The third-order valence-corrected chi connectivity index (χ3v) is 19.5. The molecule has 4 saturated heterocycles. The second kappa shape index (κ2) is 32.6.